The SMILES string of the molecule is COc1cc(NC(=NCC2CCCO2)NC(=O)c2cccc(C)c2)cc(OC)c1. The van der Waals surface area contributed by atoms with Crippen molar-refractivity contribution >= 4 is 17.6 Å². The maximum Gasteiger partial charge on any atom is 0.257 e. The molecular weight excluding hydrogens is 370 g/mol. The molecule has 1 fully saturated rings. The number of nitrogens with one attached hydrogen (secondary N) is 2. The molecule has 29 heavy (non-hydrogen) atoms. The van der Waals surface area contributed by atoms with Crippen molar-refractivity contribution in [2.75, 3.05) is 32.7 Å². The van der Waals surface area contributed by atoms with Crippen LogP contribution in [0.1, 0.15) is 28.8 Å². The molecule has 0 radical (unpaired) electrons. The van der Waals surface area contributed by atoms with E-state index in [1.165, 1.54) is 0 Å². The van der Waals surface area contributed by atoms with Crippen LogP contribution in [0.5, 0.6) is 11.5 Å². The summed E-state index contributed by atoms with van der Waals surface area (Å²) in [6.45, 7) is 3.17. The molecule has 154 valence electrons. The average Bonchev–Trinajstić information content (AvgIpc) is 3.25. The molecule has 1 aliphatic rings. The van der Waals surface area contributed by atoms with Crippen molar-refractivity contribution in [3.05, 3.63) is 53.6 Å². The number of carbonyl (C=O) groups excluding carboxylic acids is 1. The highest BCUT2D eigenvalue weighted by molar-refractivity contribution is 6.10. The number of hydrogen-bond acceptors (Lipinski definition) is 5. The molecule has 7 heteroatoms. The lowest BCUT2D eigenvalue weighted by Crippen LogP contribution is -2.36. The Kier molecular flexibility index (Phi) is 7.08. The average molecular weight is 397 g/mol. The first-order chi connectivity index (χ1) is 14.1. The number of carbonyl (C=O) groups is 1. The van der Waals surface area contributed by atoms with Gasteiger partial charge in [-0.25, -0.2) is 4.99 Å². The highest BCUT2D eigenvalue weighted by Gasteiger charge is 2.16. The first-order valence-electron chi connectivity index (χ1n) is 9.61. The van der Waals surface area contributed by atoms with Gasteiger partial charge in [0.05, 0.1) is 26.9 Å². The van der Waals surface area contributed by atoms with Crippen molar-refractivity contribution in [1.82, 2.24) is 5.32 Å². The minimum atomic E-state index is -0.234. The minimum Gasteiger partial charge on any atom is -0.497 e. The molecule has 1 amide bonds. The van der Waals surface area contributed by atoms with Crippen LogP contribution in [0.2, 0.25) is 0 Å². The molecule has 2 aromatic rings. The van der Waals surface area contributed by atoms with E-state index in [1.807, 2.05) is 37.3 Å². The van der Waals surface area contributed by atoms with Gasteiger partial charge in [-0.1, -0.05) is 17.7 Å². The third-order valence-corrected chi connectivity index (χ3v) is 4.60. The van der Waals surface area contributed by atoms with Crippen LogP contribution in [-0.4, -0.2) is 45.3 Å². The number of aryl methyl sites for hydroxylation is 1. The van der Waals surface area contributed by atoms with Crippen LogP contribution in [-0.2, 0) is 4.74 Å². The van der Waals surface area contributed by atoms with Crippen molar-refractivity contribution in [3.63, 3.8) is 0 Å². The number of aliphatic imine (C=N–C) groups is 1. The molecule has 0 saturated carbocycles. The van der Waals surface area contributed by atoms with Crippen LogP contribution >= 0.6 is 0 Å². The number of hydrogen-bond donors (Lipinski definition) is 2. The quantitative estimate of drug-likeness (QED) is 0.577. The van der Waals surface area contributed by atoms with Crippen LogP contribution in [0, 0.1) is 6.92 Å². The number of guanidine groups is 1. The third kappa shape index (κ3) is 5.96. The molecule has 1 unspecified atom stereocenters. The van der Waals surface area contributed by atoms with Gasteiger partial charge < -0.3 is 19.5 Å². The van der Waals surface area contributed by atoms with Crippen LogP contribution < -0.4 is 20.1 Å². The number of nitrogens with zero attached hydrogens (tertiary/aromatic N) is 1. The van der Waals surface area contributed by atoms with E-state index in [9.17, 15) is 4.79 Å². The van der Waals surface area contributed by atoms with Gasteiger partial charge in [0.1, 0.15) is 11.5 Å². The fraction of sp³-hybridized carbons (Fsp3) is 0.364. The Morgan fingerprint density at radius 1 is 1.17 bits per heavy atom. The van der Waals surface area contributed by atoms with Crippen LogP contribution in [0.25, 0.3) is 0 Å². The topological polar surface area (TPSA) is 81.2 Å². The Morgan fingerprint density at radius 3 is 2.55 bits per heavy atom. The van der Waals surface area contributed by atoms with Gasteiger partial charge in [0.15, 0.2) is 0 Å². The van der Waals surface area contributed by atoms with E-state index in [0.29, 0.717) is 35.3 Å². The smallest absolute Gasteiger partial charge is 0.257 e. The fourth-order valence-electron chi connectivity index (χ4n) is 3.07. The molecule has 1 aliphatic heterocycles. The van der Waals surface area contributed by atoms with Crippen molar-refractivity contribution in [2.24, 2.45) is 4.99 Å². The van der Waals surface area contributed by atoms with E-state index in [0.717, 1.165) is 25.0 Å². The standard InChI is InChI=1S/C22H27N3O4/c1-15-6-4-7-16(10-15)21(26)25-22(23-14-18-8-5-9-29-18)24-17-11-19(27-2)13-20(12-17)28-3/h4,6-7,10-13,18H,5,8-9,14H2,1-3H3,(H2,23,24,25,26). The summed E-state index contributed by atoms with van der Waals surface area (Å²) in [6.07, 6.45) is 2.07. The molecule has 3 rings (SSSR count). The van der Waals surface area contributed by atoms with E-state index in [1.54, 1.807) is 26.4 Å². The molecule has 0 aromatic heterocycles. The molecule has 0 bridgehead atoms. The lowest BCUT2D eigenvalue weighted by Gasteiger charge is -2.15. The number of anilines is 1. The number of benzene rings is 2. The Morgan fingerprint density at radius 2 is 1.93 bits per heavy atom. The van der Waals surface area contributed by atoms with Gasteiger partial charge in [-0.05, 0) is 31.9 Å². The van der Waals surface area contributed by atoms with Gasteiger partial charge in [-0.2, -0.15) is 0 Å². The Bertz CT molecular complexity index is 854. The third-order valence-electron chi connectivity index (χ3n) is 4.60. The van der Waals surface area contributed by atoms with Gasteiger partial charge in [0.2, 0.25) is 5.96 Å². The first kappa shape index (κ1) is 20.7. The first-order valence-corrected chi connectivity index (χ1v) is 9.61. The second-order valence-corrected chi connectivity index (χ2v) is 6.87. The summed E-state index contributed by atoms with van der Waals surface area (Å²) in [5.74, 6) is 1.38. The summed E-state index contributed by atoms with van der Waals surface area (Å²) < 4.78 is 16.3. The number of methoxy groups -OCH3 is 2. The number of ether oxygens (including phenoxy) is 3. The maximum atomic E-state index is 12.7. The summed E-state index contributed by atoms with van der Waals surface area (Å²) >= 11 is 0. The fourth-order valence-corrected chi connectivity index (χ4v) is 3.07. The Balaban J connectivity index is 1.80. The van der Waals surface area contributed by atoms with Crippen molar-refractivity contribution < 1.29 is 19.0 Å². The highest BCUT2D eigenvalue weighted by atomic mass is 16.5. The van der Waals surface area contributed by atoms with Crippen LogP contribution in [0.3, 0.4) is 0 Å². The highest BCUT2D eigenvalue weighted by Crippen LogP contribution is 2.25. The van der Waals surface area contributed by atoms with Gasteiger partial charge in [-0.15, -0.1) is 0 Å². The summed E-state index contributed by atoms with van der Waals surface area (Å²) in [5, 5.41) is 6.04. The van der Waals surface area contributed by atoms with Gasteiger partial charge >= 0.3 is 0 Å². The second kappa shape index (κ2) is 9.93. The normalized spacial score (nSPS) is 16.4. The maximum absolute atomic E-state index is 12.7. The Hall–Kier alpha value is -3.06. The molecule has 7 nitrogen and oxygen atoms in total. The van der Waals surface area contributed by atoms with Crippen LogP contribution in [0.15, 0.2) is 47.5 Å². The summed E-state index contributed by atoms with van der Waals surface area (Å²) in [7, 11) is 3.18. The van der Waals surface area contributed by atoms with E-state index in [4.69, 9.17) is 14.2 Å². The van der Waals surface area contributed by atoms with E-state index >= 15 is 0 Å². The van der Waals surface area contributed by atoms with Gasteiger partial charge in [0, 0.05) is 36.1 Å². The number of rotatable bonds is 6. The summed E-state index contributed by atoms with van der Waals surface area (Å²) in [6, 6.07) is 12.8. The molecule has 2 aromatic carbocycles. The van der Waals surface area contributed by atoms with Gasteiger partial charge in [0.25, 0.3) is 5.91 Å². The lowest BCUT2D eigenvalue weighted by atomic mass is 10.1. The largest absolute Gasteiger partial charge is 0.497 e. The predicted octanol–water partition coefficient (Wildman–Crippen LogP) is 3.39. The Labute approximate surface area is 171 Å². The van der Waals surface area contributed by atoms with Crippen LogP contribution in [0.4, 0.5) is 5.69 Å². The lowest BCUT2D eigenvalue weighted by molar-refractivity contribution is 0.0975. The monoisotopic (exact) mass is 397 g/mol. The summed E-state index contributed by atoms with van der Waals surface area (Å²) in [4.78, 5) is 17.3. The van der Waals surface area contributed by atoms with Gasteiger partial charge in [-0.3, -0.25) is 10.1 Å². The molecule has 1 heterocycles. The zero-order chi connectivity index (χ0) is 20.6. The summed E-state index contributed by atoms with van der Waals surface area (Å²) in [5.41, 5.74) is 2.28. The van der Waals surface area contributed by atoms with E-state index < -0.39 is 0 Å². The van der Waals surface area contributed by atoms with Crippen molar-refractivity contribution in [1.29, 1.82) is 0 Å². The van der Waals surface area contributed by atoms with Crippen molar-refractivity contribution in [2.45, 2.75) is 25.9 Å². The predicted molar refractivity (Wildman–Crippen MR) is 113 cm³/mol. The molecule has 1 atom stereocenters. The number of amides is 1. The zero-order valence-corrected chi connectivity index (χ0v) is 17.0. The molecule has 0 spiro atoms. The second-order valence-electron chi connectivity index (χ2n) is 6.87. The molecule has 1 saturated heterocycles. The molecule has 0 aliphatic carbocycles. The molecule has 2 N–H and O–H groups in total. The zero-order valence-electron chi connectivity index (χ0n) is 17.0. The molecular formula is C22H27N3O4. The van der Waals surface area contributed by atoms with E-state index in [-0.39, 0.29) is 12.0 Å². The van der Waals surface area contributed by atoms with Crippen molar-refractivity contribution in [3.8, 4) is 11.5 Å². The van der Waals surface area contributed by atoms with E-state index in [2.05, 4.69) is 15.6 Å². The minimum absolute atomic E-state index is 0.0718.